The Bertz CT molecular complexity index is 846. The third kappa shape index (κ3) is 3.41. The molecule has 5 nitrogen and oxygen atoms in total. The van der Waals surface area contributed by atoms with Gasteiger partial charge in [-0.25, -0.2) is 0 Å². The fourth-order valence-corrected chi connectivity index (χ4v) is 4.55. The monoisotopic (exact) mass is 392 g/mol. The lowest BCUT2D eigenvalue weighted by molar-refractivity contribution is -0.137. The number of phenols is 1. The van der Waals surface area contributed by atoms with Crippen molar-refractivity contribution in [2.75, 3.05) is 31.6 Å². The van der Waals surface area contributed by atoms with Crippen LogP contribution in [-0.4, -0.2) is 52.9 Å². The van der Waals surface area contributed by atoms with Gasteiger partial charge in [-0.2, -0.15) is 13.2 Å². The molecule has 0 unspecified atom stereocenters. The fourth-order valence-electron chi connectivity index (χ4n) is 4.55. The third-order valence-corrected chi connectivity index (χ3v) is 5.81. The number of hydrogen-bond donors (Lipinski definition) is 1. The van der Waals surface area contributed by atoms with E-state index in [-0.39, 0.29) is 5.56 Å². The number of likely N-dealkylation sites (tertiary alicyclic amines) is 1. The van der Waals surface area contributed by atoms with Crippen LogP contribution in [0.2, 0.25) is 0 Å². The van der Waals surface area contributed by atoms with E-state index in [1.807, 2.05) is 6.07 Å². The second kappa shape index (κ2) is 6.92. The Labute approximate surface area is 161 Å². The standard InChI is InChI=1S/C20H23F3N4O/c1-12-8-14(20(21,22)23)9-17(28)19(12)15-5-6-18(25-24-15)27-7-3-4-13-10-26(2)11-16(13)27/h5-6,8-9,13,16,28H,3-4,7,10-11H2,1-2H3/t13-,16+/m0/s1. The average molecular weight is 392 g/mol. The molecule has 0 saturated carbocycles. The Morgan fingerprint density at radius 2 is 1.93 bits per heavy atom. The first-order valence-electron chi connectivity index (χ1n) is 9.44. The van der Waals surface area contributed by atoms with Crippen molar-refractivity contribution in [3.05, 3.63) is 35.4 Å². The van der Waals surface area contributed by atoms with Crippen LogP contribution in [0.5, 0.6) is 5.75 Å². The average Bonchev–Trinajstić information content (AvgIpc) is 3.01. The molecule has 2 aliphatic rings. The van der Waals surface area contributed by atoms with Gasteiger partial charge in [-0.15, -0.1) is 10.2 Å². The van der Waals surface area contributed by atoms with E-state index < -0.39 is 17.5 Å². The van der Waals surface area contributed by atoms with Crippen LogP contribution in [0.15, 0.2) is 24.3 Å². The first-order chi connectivity index (χ1) is 13.2. The van der Waals surface area contributed by atoms with Crippen molar-refractivity contribution in [3.63, 3.8) is 0 Å². The Hall–Kier alpha value is -2.35. The first kappa shape index (κ1) is 19.0. The van der Waals surface area contributed by atoms with Gasteiger partial charge in [0.15, 0.2) is 5.82 Å². The zero-order valence-electron chi connectivity index (χ0n) is 15.9. The quantitative estimate of drug-likeness (QED) is 0.845. The van der Waals surface area contributed by atoms with Crippen LogP contribution in [0.1, 0.15) is 24.0 Å². The van der Waals surface area contributed by atoms with E-state index in [2.05, 4.69) is 27.0 Å². The van der Waals surface area contributed by atoms with Gasteiger partial charge in [0.1, 0.15) is 5.75 Å². The van der Waals surface area contributed by atoms with Gasteiger partial charge in [0.25, 0.3) is 0 Å². The third-order valence-electron chi connectivity index (χ3n) is 5.81. The maximum atomic E-state index is 12.9. The minimum absolute atomic E-state index is 0.282. The summed E-state index contributed by atoms with van der Waals surface area (Å²) in [5.74, 6) is 0.962. The summed E-state index contributed by atoms with van der Waals surface area (Å²) < 4.78 is 38.8. The number of halogens is 3. The molecule has 0 bridgehead atoms. The van der Waals surface area contributed by atoms with Gasteiger partial charge in [0.05, 0.1) is 11.3 Å². The van der Waals surface area contributed by atoms with Gasteiger partial charge in [-0.3, -0.25) is 0 Å². The van der Waals surface area contributed by atoms with Gasteiger partial charge in [-0.1, -0.05) is 0 Å². The molecule has 0 amide bonds. The summed E-state index contributed by atoms with van der Waals surface area (Å²) in [7, 11) is 2.13. The number of piperidine rings is 1. The van der Waals surface area contributed by atoms with E-state index in [1.165, 1.54) is 13.3 Å². The molecule has 2 saturated heterocycles. The predicted molar refractivity (Wildman–Crippen MR) is 100 cm³/mol. The molecule has 1 aromatic carbocycles. The normalized spacial score (nSPS) is 23.1. The minimum Gasteiger partial charge on any atom is -0.507 e. The van der Waals surface area contributed by atoms with Crippen molar-refractivity contribution in [3.8, 4) is 17.0 Å². The molecule has 0 aliphatic carbocycles. The number of hydrogen-bond acceptors (Lipinski definition) is 5. The molecular weight excluding hydrogens is 369 g/mol. The topological polar surface area (TPSA) is 52.5 Å². The van der Waals surface area contributed by atoms with Crippen LogP contribution >= 0.6 is 0 Å². The number of phenolic OH excluding ortho intramolecular Hbond substituents is 1. The highest BCUT2D eigenvalue weighted by molar-refractivity contribution is 5.71. The summed E-state index contributed by atoms with van der Waals surface area (Å²) >= 11 is 0. The second-order valence-electron chi connectivity index (χ2n) is 7.85. The maximum Gasteiger partial charge on any atom is 0.416 e. The number of rotatable bonds is 2. The van der Waals surface area contributed by atoms with Crippen molar-refractivity contribution in [1.29, 1.82) is 0 Å². The van der Waals surface area contributed by atoms with E-state index in [1.54, 1.807) is 6.07 Å². The number of likely N-dealkylation sites (N-methyl/N-ethyl adjacent to an activating group) is 1. The van der Waals surface area contributed by atoms with Crippen molar-refractivity contribution in [2.24, 2.45) is 5.92 Å². The summed E-state index contributed by atoms with van der Waals surface area (Å²) in [5, 5.41) is 18.7. The van der Waals surface area contributed by atoms with Crippen molar-refractivity contribution in [1.82, 2.24) is 15.1 Å². The Kier molecular flexibility index (Phi) is 4.69. The van der Waals surface area contributed by atoms with Gasteiger partial charge in [-0.05, 0) is 62.6 Å². The number of nitrogens with zero attached hydrogens (tertiary/aromatic N) is 4. The van der Waals surface area contributed by atoms with E-state index in [0.717, 1.165) is 44.0 Å². The molecule has 150 valence electrons. The minimum atomic E-state index is -4.50. The molecule has 28 heavy (non-hydrogen) atoms. The molecule has 2 aliphatic heterocycles. The number of aromatic nitrogens is 2. The highest BCUT2D eigenvalue weighted by Gasteiger charge is 2.38. The van der Waals surface area contributed by atoms with Crippen molar-refractivity contribution >= 4 is 5.82 Å². The van der Waals surface area contributed by atoms with Gasteiger partial charge in [0, 0.05) is 31.2 Å². The first-order valence-corrected chi connectivity index (χ1v) is 9.44. The van der Waals surface area contributed by atoms with E-state index in [9.17, 15) is 18.3 Å². The molecule has 1 N–H and O–H groups in total. The lowest BCUT2D eigenvalue weighted by Crippen LogP contribution is -2.45. The highest BCUT2D eigenvalue weighted by Crippen LogP contribution is 2.39. The molecule has 2 fully saturated rings. The Balaban J connectivity index is 1.62. The zero-order valence-corrected chi connectivity index (χ0v) is 15.9. The molecular formula is C20H23F3N4O. The molecule has 3 heterocycles. The number of aryl methyl sites for hydroxylation is 1. The van der Waals surface area contributed by atoms with E-state index in [4.69, 9.17) is 0 Å². The molecule has 0 radical (unpaired) electrons. The van der Waals surface area contributed by atoms with Crippen LogP contribution in [0.25, 0.3) is 11.3 Å². The van der Waals surface area contributed by atoms with Crippen LogP contribution in [0, 0.1) is 12.8 Å². The zero-order chi connectivity index (χ0) is 20.1. The van der Waals surface area contributed by atoms with E-state index >= 15 is 0 Å². The predicted octanol–water partition coefficient (Wildman–Crippen LogP) is 3.71. The lowest BCUT2D eigenvalue weighted by Gasteiger charge is -2.37. The number of fused-ring (bicyclic) bond motifs is 1. The summed E-state index contributed by atoms with van der Waals surface area (Å²) in [6.45, 7) is 4.54. The molecule has 8 heteroatoms. The lowest BCUT2D eigenvalue weighted by atomic mass is 9.92. The number of alkyl halides is 3. The second-order valence-corrected chi connectivity index (χ2v) is 7.85. The molecule has 0 spiro atoms. The Morgan fingerprint density at radius 3 is 2.57 bits per heavy atom. The van der Waals surface area contributed by atoms with Crippen LogP contribution in [0.3, 0.4) is 0 Å². The van der Waals surface area contributed by atoms with Gasteiger partial charge in [0.2, 0.25) is 0 Å². The molecule has 4 rings (SSSR count). The van der Waals surface area contributed by atoms with Crippen LogP contribution < -0.4 is 4.90 Å². The highest BCUT2D eigenvalue weighted by atomic mass is 19.4. The van der Waals surface area contributed by atoms with Gasteiger partial charge >= 0.3 is 6.18 Å². The summed E-state index contributed by atoms with van der Waals surface area (Å²) in [4.78, 5) is 4.62. The maximum absolute atomic E-state index is 12.9. The number of benzene rings is 1. The van der Waals surface area contributed by atoms with Gasteiger partial charge < -0.3 is 14.9 Å². The fraction of sp³-hybridized carbons (Fsp3) is 0.500. The molecule has 1 aromatic heterocycles. The molecule has 2 atom stereocenters. The van der Waals surface area contributed by atoms with Crippen molar-refractivity contribution < 1.29 is 18.3 Å². The largest absolute Gasteiger partial charge is 0.507 e. The number of aromatic hydroxyl groups is 1. The summed E-state index contributed by atoms with van der Waals surface area (Å²) in [6.07, 6.45) is -2.18. The number of anilines is 1. The summed E-state index contributed by atoms with van der Waals surface area (Å²) in [6, 6.07) is 5.75. The van der Waals surface area contributed by atoms with Crippen LogP contribution in [-0.2, 0) is 6.18 Å². The Morgan fingerprint density at radius 1 is 1.14 bits per heavy atom. The smallest absolute Gasteiger partial charge is 0.416 e. The SMILES string of the molecule is Cc1cc(C(F)(F)F)cc(O)c1-c1ccc(N2CCC[C@H]3CN(C)C[C@H]32)nn1. The van der Waals surface area contributed by atoms with Crippen LogP contribution in [0.4, 0.5) is 19.0 Å². The summed E-state index contributed by atoms with van der Waals surface area (Å²) in [5.41, 5.74) is 0.0825. The molecule has 2 aromatic rings. The van der Waals surface area contributed by atoms with Crippen molar-refractivity contribution in [2.45, 2.75) is 32.0 Å². The van der Waals surface area contributed by atoms with E-state index in [0.29, 0.717) is 23.2 Å².